The molecule has 0 unspecified atom stereocenters. The number of rotatable bonds is 4. The summed E-state index contributed by atoms with van der Waals surface area (Å²) in [6.45, 7) is 6.10. The summed E-state index contributed by atoms with van der Waals surface area (Å²) in [6, 6.07) is 0. The van der Waals surface area contributed by atoms with Crippen LogP contribution >= 0.6 is 22.6 Å². The van der Waals surface area contributed by atoms with Gasteiger partial charge in [0.1, 0.15) is 0 Å². The maximum absolute atomic E-state index is 5.39. The van der Waals surface area contributed by atoms with Crippen LogP contribution in [0.4, 0.5) is 0 Å². The fourth-order valence-corrected chi connectivity index (χ4v) is 2.10. The van der Waals surface area contributed by atoms with Crippen molar-refractivity contribution in [2.45, 2.75) is 26.6 Å². The molecule has 2 atom stereocenters. The Kier molecular flexibility index (Phi) is 4.82. The summed E-state index contributed by atoms with van der Waals surface area (Å²) in [5.74, 6) is 1.46. The van der Waals surface area contributed by atoms with Gasteiger partial charge in [0.15, 0.2) is 6.29 Å². The van der Waals surface area contributed by atoms with Crippen molar-refractivity contribution in [3.63, 3.8) is 0 Å². The summed E-state index contributed by atoms with van der Waals surface area (Å²) >= 11 is 2.43. The summed E-state index contributed by atoms with van der Waals surface area (Å²) < 4.78 is 12.0. The van der Waals surface area contributed by atoms with Crippen molar-refractivity contribution in [1.29, 1.82) is 0 Å². The Labute approximate surface area is 88.1 Å². The van der Waals surface area contributed by atoms with E-state index in [2.05, 4.69) is 36.4 Å². The lowest BCUT2D eigenvalue weighted by Crippen LogP contribution is -2.18. The summed E-state index contributed by atoms with van der Waals surface area (Å²) in [4.78, 5) is 0. The quantitative estimate of drug-likeness (QED) is 0.583. The number of alkyl halides is 1. The minimum atomic E-state index is 0.0744. The van der Waals surface area contributed by atoms with Crippen LogP contribution in [0.5, 0.6) is 0 Å². The van der Waals surface area contributed by atoms with Crippen LogP contribution < -0.4 is 0 Å². The molecular weight excluding hydrogens is 267 g/mol. The van der Waals surface area contributed by atoms with Gasteiger partial charge in [-0.1, -0.05) is 36.4 Å². The van der Waals surface area contributed by atoms with Gasteiger partial charge >= 0.3 is 0 Å². The average Bonchev–Trinajstić information content (AvgIpc) is 2.55. The SMILES string of the molecule is C[C@H](CI)[C@@H](C)CC1OCCO1. The van der Waals surface area contributed by atoms with E-state index < -0.39 is 0 Å². The number of hydrogen-bond acceptors (Lipinski definition) is 2. The Bertz CT molecular complexity index is 124. The van der Waals surface area contributed by atoms with E-state index in [0.717, 1.165) is 25.6 Å². The van der Waals surface area contributed by atoms with Crippen molar-refractivity contribution >= 4 is 22.6 Å². The minimum Gasteiger partial charge on any atom is -0.350 e. The molecule has 0 aromatic carbocycles. The van der Waals surface area contributed by atoms with Crippen molar-refractivity contribution in [1.82, 2.24) is 0 Å². The topological polar surface area (TPSA) is 18.5 Å². The second-order valence-electron chi connectivity index (χ2n) is 3.52. The van der Waals surface area contributed by atoms with Crippen molar-refractivity contribution < 1.29 is 9.47 Å². The van der Waals surface area contributed by atoms with Crippen LogP contribution in [0.3, 0.4) is 0 Å². The van der Waals surface area contributed by atoms with Crippen LogP contribution in [-0.4, -0.2) is 23.9 Å². The summed E-state index contributed by atoms with van der Waals surface area (Å²) in [5.41, 5.74) is 0. The van der Waals surface area contributed by atoms with Crippen molar-refractivity contribution in [3.8, 4) is 0 Å². The van der Waals surface area contributed by atoms with E-state index in [1.54, 1.807) is 0 Å². The standard InChI is InChI=1S/C9H17IO2/c1-7(8(2)6-10)5-9-11-3-4-12-9/h7-9H,3-6H2,1-2H3/t7-,8+/m0/s1. The zero-order valence-corrected chi connectivity index (χ0v) is 9.91. The van der Waals surface area contributed by atoms with Crippen molar-refractivity contribution in [2.24, 2.45) is 11.8 Å². The van der Waals surface area contributed by atoms with E-state index in [0.29, 0.717) is 5.92 Å². The van der Waals surface area contributed by atoms with Crippen LogP contribution in [0.25, 0.3) is 0 Å². The van der Waals surface area contributed by atoms with Gasteiger partial charge in [-0.05, 0) is 11.8 Å². The third-order valence-electron chi connectivity index (χ3n) is 2.47. The van der Waals surface area contributed by atoms with Crippen LogP contribution in [-0.2, 0) is 9.47 Å². The van der Waals surface area contributed by atoms with E-state index in [-0.39, 0.29) is 6.29 Å². The van der Waals surface area contributed by atoms with Crippen LogP contribution in [0.1, 0.15) is 20.3 Å². The Balaban J connectivity index is 2.19. The zero-order chi connectivity index (χ0) is 8.97. The first-order valence-electron chi connectivity index (χ1n) is 4.53. The smallest absolute Gasteiger partial charge is 0.158 e. The highest BCUT2D eigenvalue weighted by atomic mass is 127. The lowest BCUT2D eigenvalue weighted by atomic mass is 9.94. The minimum absolute atomic E-state index is 0.0744. The predicted octanol–water partition coefficient (Wildman–Crippen LogP) is 2.46. The predicted molar refractivity (Wildman–Crippen MR) is 57.5 cm³/mol. The highest BCUT2D eigenvalue weighted by Gasteiger charge is 2.21. The molecule has 1 aliphatic heterocycles. The molecule has 2 nitrogen and oxygen atoms in total. The van der Waals surface area contributed by atoms with Crippen molar-refractivity contribution in [2.75, 3.05) is 17.6 Å². The van der Waals surface area contributed by atoms with Gasteiger partial charge in [-0.2, -0.15) is 0 Å². The van der Waals surface area contributed by atoms with Gasteiger partial charge in [0, 0.05) is 10.8 Å². The monoisotopic (exact) mass is 284 g/mol. The third-order valence-corrected chi connectivity index (χ3v) is 3.86. The van der Waals surface area contributed by atoms with Crippen LogP contribution in [0.15, 0.2) is 0 Å². The molecule has 0 aromatic rings. The van der Waals surface area contributed by atoms with Gasteiger partial charge in [0.25, 0.3) is 0 Å². The van der Waals surface area contributed by atoms with E-state index >= 15 is 0 Å². The van der Waals surface area contributed by atoms with Gasteiger partial charge in [0.05, 0.1) is 13.2 Å². The molecular formula is C9H17IO2. The molecule has 0 radical (unpaired) electrons. The molecule has 0 spiro atoms. The molecule has 0 saturated carbocycles. The van der Waals surface area contributed by atoms with E-state index in [9.17, 15) is 0 Å². The third kappa shape index (κ3) is 3.18. The number of ether oxygens (including phenoxy) is 2. The molecule has 0 N–H and O–H groups in total. The van der Waals surface area contributed by atoms with Gasteiger partial charge < -0.3 is 9.47 Å². The zero-order valence-electron chi connectivity index (χ0n) is 7.75. The van der Waals surface area contributed by atoms with E-state index in [1.807, 2.05) is 0 Å². The molecule has 0 aliphatic carbocycles. The maximum Gasteiger partial charge on any atom is 0.158 e. The maximum atomic E-state index is 5.39. The van der Waals surface area contributed by atoms with Gasteiger partial charge in [-0.3, -0.25) is 0 Å². The summed E-state index contributed by atoms with van der Waals surface area (Å²) in [6.07, 6.45) is 1.12. The van der Waals surface area contributed by atoms with Gasteiger partial charge in [0.2, 0.25) is 0 Å². The van der Waals surface area contributed by atoms with E-state index in [1.165, 1.54) is 4.43 Å². The first kappa shape index (κ1) is 10.7. The van der Waals surface area contributed by atoms with Crippen LogP contribution in [0.2, 0.25) is 0 Å². The van der Waals surface area contributed by atoms with Crippen molar-refractivity contribution in [3.05, 3.63) is 0 Å². The second-order valence-corrected chi connectivity index (χ2v) is 4.40. The van der Waals surface area contributed by atoms with Gasteiger partial charge in [-0.25, -0.2) is 0 Å². The fraction of sp³-hybridized carbons (Fsp3) is 1.00. The van der Waals surface area contributed by atoms with E-state index in [4.69, 9.17) is 9.47 Å². The lowest BCUT2D eigenvalue weighted by molar-refractivity contribution is -0.0587. The first-order valence-corrected chi connectivity index (χ1v) is 6.05. The molecule has 0 bridgehead atoms. The molecule has 1 fully saturated rings. The molecule has 3 heteroatoms. The number of hydrogen-bond donors (Lipinski definition) is 0. The summed E-state index contributed by atoms with van der Waals surface area (Å²) in [5, 5.41) is 0. The molecule has 1 saturated heterocycles. The molecule has 1 heterocycles. The largest absolute Gasteiger partial charge is 0.350 e. The number of halogens is 1. The second kappa shape index (κ2) is 5.40. The fourth-order valence-electron chi connectivity index (χ4n) is 1.23. The Morgan fingerprint density at radius 3 is 2.33 bits per heavy atom. The van der Waals surface area contributed by atoms with Crippen LogP contribution in [0, 0.1) is 11.8 Å². The lowest BCUT2D eigenvalue weighted by Gasteiger charge is -2.20. The Morgan fingerprint density at radius 2 is 1.83 bits per heavy atom. The normalized spacial score (nSPS) is 24.2. The molecule has 0 amide bonds. The Morgan fingerprint density at radius 1 is 1.25 bits per heavy atom. The summed E-state index contributed by atoms with van der Waals surface area (Å²) in [7, 11) is 0. The molecule has 1 aliphatic rings. The van der Waals surface area contributed by atoms with Gasteiger partial charge in [-0.15, -0.1) is 0 Å². The first-order chi connectivity index (χ1) is 5.74. The molecule has 12 heavy (non-hydrogen) atoms. The highest BCUT2D eigenvalue weighted by Crippen LogP contribution is 2.22. The molecule has 0 aromatic heterocycles. The highest BCUT2D eigenvalue weighted by molar-refractivity contribution is 14.1. The Hall–Kier alpha value is 0.650. The molecule has 1 rings (SSSR count). The molecule has 72 valence electrons. The average molecular weight is 284 g/mol.